The molecule has 2 N–H and O–H groups in total. The van der Waals surface area contributed by atoms with Crippen LogP contribution < -0.4 is 10.6 Å². The highest BCUT2D eigenvalue weighted by Crippen LogP contribution is 2.33. The van der Waals surface area contributed by atoms with Crippen molar-refractivity contribution in [3.8, 4) is 0 Å². The molecule has 0 spiro atoms. The topological polar surface area (TPSA) is 128 Å². The number of aldehydes is 1. The van der Waals surface area contributed by atoms with Gasteiger partial charge in [0, 0.05) is 30.5 Å². The first-order valence-electron chi connectivity index (χ1n) is 12.1. The molecule has 1 aromatic heterocycles. The van der Waals surface area contributed by atoms with E-state index in [1.54, 1.807) is 26.8 Å². The minimum Gasteiger partial charge on any atom is -0.604 e. The molecule has 2 saturated heterocycles. The molecule has 3 heterocycles. The minimum atomic E-state index is -1.11. The number of benzene rings is 1. The van der Waals surface area contributed by atoms with E-state index >= 15 is 0 Å². The maximum Gasteiger partial charge on any atom is 0.307 e. The summed E-state index contributed by atoms with van der Waals surface area (Å²) in [5.74, 6) is -2.37. The lowest BCUT2D eigenvalue weighted by molar-refractivity contribution is -1.01. The molecule has 36 heavy (non-hydrogen) atoms. The van der Waals surface area contributed by atoms with E-state index in [1.165, 1.54) is 11.3 Å². The lowest BCUT2D eigenvalue weighted by atomic mass is 10.0. The molecular formula is C25H32N4O6S. The van der Waals surface area contributed by atoms with E-state index < -0.39 is 40.5 Å². The number of hydrogen-bond acceptors (Lipinski definition) is 8. The zero-order chi connectivity index (χ0) is 26.1. The highest BCUT2D eigenvalue weighted by atomic mass is 32.1. The maximum absolute atomic E-state index is 14.3. The van der Waals surface area contributed by atoms with Gasteiger partial charge in [-0.1, -0.05) is 18.2 Å². The van der Waals surface area contributed by atoms with Crippen molar-refractivity contribution in [1.29, 1.82) is 0 Å². The van der Waals surface area contributed by atoms with E-state index in [0.29, 0.717) is 24.1 Å². The monoisotopic (exact) mass is 516 g/mol. The third-order valence-electron chi connectivity index (χ3n) is 6.36. The Hall–Kier alpha value is -2.86. The zero-order valence-corrected chi connectivity index (χ0v) is 21.5. The Morgan fingerprint density at radius 2 is 2.11 bits per heavy atom. The second-order valence-corrected chi connectivity index (χ2v) is 11.3. The van der Waals surface area contributed by atoms with Crippen LogP contribution in [0.2, 0.25) is 0 Å². The average molecular weight is 517 g/mol. The van der Waals surface area contributed by atoms with Crippen LogP contribution in [0.1, 0.15) is 56.1 Å². The lowest BCUT2D eigenvalue weighted by Crippen LogP contribution is -2.74. The van der Waals surface area contributed by atoms with Gasteiger partial charge in [0.15, 0.2) is 6.17 Å². The summed E-state index contributed by atoms with van der Waals surface area (Å²) in [7, 11) is 0. The van der Waals surface area contributed by atoms with Crippen LogP contribution in [0.4, 0.5) is 0 Å². The first-order valence-corrected chi connectivity index (χ1v) is 12.9. The van der Waals surface area contributed by atoms with E-state index in [1.807, 2.05) is 24.3 Å². The zero-order valence-electron chi connectivity index (χ0n) is 20.7. The van der Waals surface area contributed by atoms with Crippen LogP contribution in [0.3, 0.4) is 0 Å². The molecule has 4 unspecified atom stereocenters. The van der Waals surface area contributed by atoms with Gasteiger partial charge in [-0.15, -0.1) is 11.3 Å². The van der Waals surface area contributed by atoms with Gasteiger partial charge in [0.25, 0.3) is 11.8 Å². The summed E-state index contributed by atoms with van der Waals surface area (Å²) in [5.41, 5.74) is -0.733. The predicted octanol–water partition coefficient (Wildman–Crippen LogP) is 2.68. The molecule has 2 fully saturated rings. The van der Waals surface area contributed by atoms with Crippen LogP contribution in [0.15, 0.2) is 30.3 Å². The van der Waals surface area contributed by atoms with Crippen LogP contribution >= 0.6 is 11.3 Å². The number of quaternary nitrogens is 1. The fourth-order valence-electron chi connectivity index (χ4n) is 4.82. The van der Waals surface area contributed by atoms with Gasteiger partial charge in [0.1, 0.15) is 24.6 Å². The van der Waals surface area contributed by atoms with E-state index in [4.69, 9.17) is 4.74 Å². The van der Waals surface area contributed by atoms with Gasteiger partial charge in [0.05, 0.1) is 17.2 Å². The van der Waals surface area contributed by atoms with Crippen LogP contribution in [-0.4, -0.2) is 64.9 Å². The fourth-order valence-corrected chi connectivity index (χ4v) is 5.78. The molecule has 10 nitrogen and oxygen atoms in total. The Balaban J connectivity index is 1.58. The highest BCUT2D eigenvalue weighted by Gasteiger charge is 2.50. The summed E-state index contributed by atoms with van der Waals surface area (Å²) < 4.78 is 5.22. The van der Waals surface area contributed by atoms with Crippen molar-refractivity contribution >= 4 is 45.5 Å². The molecular weight excluding hydrogens is 484 g/mol. The third-order valence-corrected chi connectivity index (χ3v) is 7.48. The largest absolute Gasteiger partial charge is 0.604 e. The molecule has 0 bridgehead atoms. The number of amides is 2. The van der Waals surface area contributed by atoms with Crippen LogP contribution in [0, 0.1) is 11.1 Å². The van der Waals surface area contributed by atoms with Crippen molar-refractivity contribution in [2.45, 2.75) is 64.4 Å². The molecule has 4 atom stereocenters. The smallest absolute Gasteiger partial charge is 0.307 e. The molecule has 2 amide bonds. The van der Waals surface area contributed by atoms with Crippen molar-refractivity contribution in [2.24, 2.45) is 5.92 Å². The lowest BCUT2D eigenvalue weighted by Gasteiger charge is -2.57. The normalized spacial score (nSPS) is 25.6. The summed E-state index contributed by atoms with van der Waals surface area (Å²) in [6.45, 7) is 5.60. The second-order valence-electron chi connectivity index (χ2n) is 10.2. The Labute approximate surface area is 213 Å². The number of hydroxylamine groups is 2. The Bertz CT molecular complexity index is 1130. The second kappa shape index (κ2) is 10.3. The van der Waals surface area contributed by atoms with Gasteiger partial charge in [-0.2, -0.15) is 5.01 Å². The van der Waals surface area contributed by atoms with Crippen molar-refractivity contribution in [1.82, 2.24) is 15.6 Å². The number of rotatable bonds is 6. The summed E-state index contributed by atoms with van der Waals surface area (Å²) in [5, 5.41) is 22.3. The van der Waals surface area contributed by atoms with Gasteiger partial charge in [-0.25, -0.2) is 4.76 Å². The summed E-state index contributed by atoms with van der Waals surface area (Å²) in [6, 6.07) is 9.42. The molecule has 0 radical (unpaired) electrons. The van der Waals surface area contributed by atoms with Crippen molar-refractivity contribution in [3.05, 3.63) is 40.4 Å². The Morgan fingerprint density at radius 1 is 1.36 bits per heavy atom. The van der Waals surface area contributed by atoms with E-state index in [-0.39, 0.29) is 31.7 Å². The molecule has 1 aromatic carbocycles. The molecule has 0 aliphatic carbocycles. The van der Waals surface area contributed by atoms with Crippen molar-refractivity contribution < 1.29 is 28.7 Å². The minimum absolute atomic E-state index is 0.0375. The maximum atomic E-state index is 14.3. The number of carbonyl (C=O) groups excluding carboxylic acids is 4. The molecule has 11 heteroatoms. The Kier molecular flexibility index (Phi) is 7.46. The number of carbonyl (C=O) groups is 4. The van der Waals surface area contributed by atoms with Crippen LogP contribution in [-0.2, 0) is 19.1 Å². The van der Waals surface area contributed by atoms with Gasteiger partial charge < -0.3 is 14.7 Å². The summed E-state index contributed by atoms with van der Waals surface area (Å²) >= 11 is 1.34. The number of nitrogens with zero attached hydrogens (tertiary/aromatic N) is 2. The molecule has 2 aromatic rings. The van der Waals surface area contributed by atoms with Crippen LogP contribution in [0.25, 0.3) is 10.1 Å². The predicted molar refractivity (Wildman–Crippen MR) is 134 cm³/mol. The van der Waals surface area contributed by atoms with Crippen LogP contribution in [0.5, 0.6) is 0 Å². The first-order chi connectivity index (χ1) is 17.0. The fraction of sp³-hybridized carbons (Fsp3) is 0.520. The SMILES string of the molecule is CC(C)(C)OC(=O)CC(C=O)C1NCCC[N+]2([O-])C(NC(=O)c3cc4ccccc4s3)CCC(=O)N12. The molecule has 4 rings (SSSR count). The summed E-state index contributed by atoms with van der Waals surface area (Å²) in [4.78, 5) is 51.2. The quantitative estimate of drug-likeness (QED) is 0.261. The molecule has 194 valence electrons. The number of fused-ring (bicyclic) bond motifs is 2. The highest BCUT2D eigenvalue weighted by molar-refractivity contribution is 7.20. The number of ether oxygens (including phenoxy) is 1. The molecule has 2 aliphatic heterocycles. The van der Waals surface area contributed by atoms with E-state index in [9.17, 15) is 24.4 Å². The van der Waals surface area contributed by atoms with Crippen molar-refractivity contribution in [3.63, 3.8) is 0 Å². The molecule has 0 saturated carbocycles. The number of nitrogens with one attached hydrogen (secondary N) is 2. The average Bonchev–Trinajstić information content (AvgIpc) is 3.15. The first kappa shape index (κ1) is 26.2. The number of esters is 1. The third kappa shape index (κ3) is 5.44. The standard InChI is InChI=1S/C25H32N4O6S/c1-25(2,3)35-22(32)14-17(15-30)23-26-11-6-12-29(34)20(9-10-21(31)28(23)29)27-24(33)19-13-16-7-4-5-8-18(16)36-19/h4-5,7-8,13,15,17,20,23,26H,6,9-12,14H2,1-3H3,(H,27,33). The van der Waals surface area contributed by atoms with E-state index in [0.717, 1.165) is 15.1 Å². The van der Waals surface area contributed by atoms with Gasteiger partial charge in [-0.3, -0.25) is 25.0 Å². The number of hydrogen-bond donors (Lipinski definition) is 2. The summed E-state index contributed by atoms with van der Waals surface area (Å²) in [6.07, 6.45) is -0.944. The Morgan fingerprint density at radius 3 is 2.81 bits per heavy atom. The van der Waals surface area contributed by atoms with Crippen molar-refractivity contribution in [2.75, 3.05) is 13.1 Å². The van der Waals surface area contributed by atoms with Gasteiger partial charge >= 0.3 is 5.97 Å². The van der Waals surface area contributed by atoms with Gasteiger partial charge in [0.2, 0.25) is 0 Å². The van der Waals surface area contributed by atoms with Gasteiger partial charge in [-0.05, 0) is 38.3 Å². The number of thiophene rings is 1. The molecule has 2 aliphatic rings. The van der Waals surface area contributed by atoms with E-state index in [2.05, 4.69) is 10.6 Å².